The van der Waals surface area contributed by atoms with E-state index in [1.54, 1.807) is 22.2 Å². The van der Waals surface area contributed by atoms with Gasteiger partial charge in [-0.2, -0.15) is 5.10 Å². The summed E-state index contributed by atoms with van der Waals surface area (Å²) in [5.41, 5.74) is 1.02. The molecule has 0 atom stereocenters. The minimum Gasteiger partial charge on any atom is -0.480 e. The van der Waals surface area contributed by atoms with Gasteiger partial charge in [0.25, 0.3) is 0 Å². The van der Waals surface area contributed by atoms with Crippen molar-refractivity contribution in [3.63, 3.8) is 0 Å². The van der Waals surface area contributed by atoms with E-state index in [2.05, 4.69) is 26.0 Å². The Morgan fingerprint density at radius 2 is 2.18 bits per heavy atom. The van der Waals surface area contributed by atoms with Crippen LogP contribution in [0.4, 0.5) is 0 Å². The second-order valence-corrected chi connectivity index (χ2v) is 6.99. The summed E-state index contributed by atoms with van der Waals surface area (Å²) in [7, 11) is 2.88. The van der Waals surface area contributed by atoms with Crippen molar-refractivity contribution in [2.24, 2.45) is 0 Å². The molecule has 3 aromatic rings. The Kier molecular flexibility index (Phi) is 4.12. The molecule has 0 aliphatic carbocycles. The van der Waals surface area contributed by atoms with Crippen LogP contribution >= 0.6 is 27.3 Å². The van der Waals surface area contributed by atoms with Gasteiger partial charge in [0.05, 0.1) is 41.7 Å². The average molecular weight is 382 g/mol. The predicted molar refractivity (Wildman–Crippen MR) is 86.5 cm³/mol. The zero-order valence-electron chi connectivity index (χ0n) is 11.9. The Hall–Kier alpha value is -1.93. The van der Waals surface area contributed by atoms with Crippen molar-refractivity contribution in [3.8, 4) is 5.88 Å². The van der Waals surface area contributed by atoms with Crippen molar-refractivity contribution in [1.29, 1.82) is 0 Å². The van der Waals surface area contributed by atoms with Crippen LogP contribution in [0.1, 0.15) is 15.2 Å². The molecule has 0 unspecified atom stereocenters. The average Bonchev–Trinajstić information content (AvgIpc) is 3.13. The number of rotatable bonds is 4. The smallest absolute Gasteiger partial charge is 0.341 e. The van der Waals surface area contributed by atoms with E-state index in [-0.39, 0.29) is 0 Å². The number of hydrogen-bond acceptors (Lipinski definition) is 6. The molecule has 0 aliphatic rings. The van der Waals surface area contributed by atoms with Crippen LogP contribution in [0.25, 0.3) is 10.9 Å². The van der Waals surface area contributed by atoms with Crippen molar-refractivity contribution in [2.75, 3.05) is 14.2 Å². The molecule has 8 heteroatoms. The van der Waals surface area contributed by atoms with Gasteiger partial charge in [-0.05, 0) is 28.1 Å². The lowest BCUT2D eigenvalue weighted by Gasteiger charge is -2.08. The number of halogens is 1. The summed E-state index contributed by atoms with van der Waals surface area (Å²) in [5, 5.41) is 5.05. The van der Waals surface area contributed by atoms with Gasteiger partial charge in [0.15, 0.2) is 0 Å². The first-order chi connectivity index (χ1) is 10.6. The molecule has 3 aromatic heterocycles. The van der Waals surface area contributed by atoms with Gasteiger partial charge in [0.1, 0.15) is 5.56 Å². The molecule has 0 saturated carbocycles. The molecule has 0 aliphatic heterocycles. The summed E-state index contributed by atoms with van der Waals surface area (Å²) >= 11 is 5.06. The van der Waals surface area contributed by atoms with E-state index in [9.17, 15) is 4.79 Å². The molecule has 3 rings (SSSR count). The van der Waals surface area contributed by atoms with Crippen LogP contribution < -0.4 is 4.74 Å². The number of thiophene rings is 1. The highest BCUT2D eigenvalue weighted by atomic mass is 79.9. The van der Waals surface area contributed by atoms with Gasteiger partial charge >= 0.3 is 5.97 Å². The third kappa shape index (κ3) is 2.59. The lowest BCUT2D eigenvalue weighted by atomic mass is 10.2. The van der Waals surface area contributed by atoms with Crippen LogP contribution in [0.5, 0.6) is 5.88 Å². The summed E-state index contributed by atoms with van der Waals surface area (Å²) in [6.45, 7) is 0.553. The summed E-state index contributed by atoms with van der Waals surface area (Å²) in [6.07, 6.45) is 3.10. The Balaban J connectivity index is 2.15. The third-order valence-electron chi connectivity index (χ3n) is 3.17. The SMILES string of the molecule is COC(=O)c1cnc(OC)c2cnn(Cc3ccc(Br)s3)c12. The molecule has 0 N–H and O–H groups in total. The molecule has 0 amide bonds. The molecule has 0 radical (unpaired) electrons. The summed E-state index contributed by atoms with van der Waals surface area (Å²) in [6, 6.07) is 3.99. The standard InChI is InChI=1S/C14H12BrN3O3S/c1-20-13-9-6-17-18(7-8-3-4-11(15)22-8)12(9)10(5-16-13)14(19)21-2/h3-6H,7H2,1-2H3. The number of carbonyl (C=O) groups is 1. The number of fused-ring (bicyclic) bond motifs is 1. The van der Waals surface area contributed by atoms with E-state index in [4.69, 9.17) is 9.47 Å². The number of esters is 1. The normalized spacial score (nSPS) is 10.9. The van der Waals surface area contributed by atoms with Crippen molar-refractivity contribution in [2.45, 2.75) is 6.54 Å². The maximum Gasteiger partial charge on any atom is 0.341 e. The number of methoxy groups -OCH3 is 2. The summed E-state index contributed by atoms with van der Waals surface area (Å²) in [5.74, 6) is -0.0180. The Morgan fingerprint density at radius 3 is 2.82 bits per heavy atom. The van der Waals surface area contributed by atoms with Crippen LogP contribution in [0.15, 0.2) is 28.3 Å². The van der Waals surface area contributed by atoms with Crippen molar-refractivity contribution >= 4 is 44.1 Å². The molecule has 6 nitrogen and oxygen atoms in total. The fraction of sp³-hybridized carbons (Fsp3) is 0.214. The zero-order chi connectivity index (χ0) is 15.7. The van der Waals surface area contributed by atoms with Crippen LogP contribution in [-0.2, 0) is 11.3 Å². The van der Waals surface area contributed by atoms with Crippen LogP contribution in [0, 0.1) is 0 Å². The van der Waals surface area contributed by atoms with Crippen molar-refractivity contribution in [3.05, 3.63) is 38.8 Å². The van der Waals surface area contributed by atoms with E-state index in [0.717, 1.165) is 8.66 Å². The lowest BCUT2D eigenvalue weighted by molar-refractivity contribution is 0.0602. The fourth-order valence-electron chi connectivity index (χ4n) is 2.21. The highest BCUT2D eigenvalue weighted by molar-refractivity contribution is 9.11. The number of hydrogen-bond donors (Lipinski definition) is 0. The first-order valence-corrected chi connectivity index (χ1v) is 7.96. The van der Waals surface area contributed by atoms with Gasteiger partial charge in [-0.3, -0.25) is 4.68 Å². The first-order valence-electron chi connectivity index (χ1n) is 6.35. The van der Waals surface area contributed by atoms with Gasteiger partial charge < -0.3 is 9.47 Å². The quantitative estimate of drug-likeness (QED) is 0.649. The van der Waals surface area contributed by atoms with E-state index < -0.39 is 5.97 Å². The third-order valence-corrected chi connectivity index (χ3v) is 4.78. The van der Waals surface area contributed by atoms with Crippen LogP contribution in [0.3, 0.4) is 0 Å². The minimum atomic E-state index is -0.450. The molecule has 22 heavy (non-hydrogen) atoms. The molecular weight excluding hydrogens is 370 g/mol. The van der Waals surface area contributed by atoms with E-state index in [0.29, 0.717) is 28.9 Å². The second kappa shape index (κ2) is 6.05. The minimum absolute atomic E-state index is 0.367. The monoisotopic (exact) mass is 381 g/mol. The van der Waals surface area contributed by atoms with Crippen molar-refractivity contribution in [1.82, 2.24) is 14.8 Å². The molecule has 0 spiro atoms. The molecule has 0 saturated heterocycles. The van der Waals surface area contributed by atoms with Gasteiger partial charge in [0, 0.05) is 11.1 Å². The van der Waals surface area contributed by atoms with Gasteiger partial charge in [0.2, 0.25) is 5.88 Å². The fourth-order valence-corrected chi connectivity index (χ4v) is 3.67. The maximum atomic E-state index is 12.0. The highest BCUT2D eigenvalue weighted by Crippen LogP contribution is 2.28. The Morgan fingerprint density at radius 1 is 1.36 bits per heavy atom. The number of ether oxygens (including phenoxy) is 2. The Bertz CT molecular complexity index is 843. The van der Waals surface area contributed by atoms with Gasteiger partial charge in [-0.1, -0.05) is 0 Å². The molecule has 0 aromatic carbocycles. The highest BCUT2D eigenvalue weighted by Gasteiger charge is 2.19. The van der Waals surface area contributed by atoms with Crippen molar-refractivity contribution < 1.29 is 14.3 Å². The molecule has 0 bridgehead atoms. The Labute approximate surface area is 138 Å². The first kappa shape index (κ1) is 15.0. The maximum absolute atomic E-state index is 12.0. The van der Waals surface area contributed by atoms with Crippen LogP contribution in [0.2, 0.25) is 0 Å². The van der Waals surface area contributed by atoms with E-state index in [1.807, 2.05) is 12.1 Å². The van der Waals surface area contributed by atoms with E-state index >= 15 is 0 Å². The molecule has 3 heterocycles. The number of aromatic nitrogens is 3. The zero-order valence-corrected chi connectivity index (χ0v) is 14.3. The van der Waals surface area contributed by atoms with Gasteiger partial charge in [-0.15, -0.1) is 11.3 Å². The predicted octanol–water partition coefficient (Wildman–Crippen LogP) is 3.10. The number of nitrogens with zero attached hydrogens (tertiary/aromatic N) is 3. The molecule has 0 fully saturated rings. The van der Waals surface area contributed by atoms with Gasteiger partial charge in [-0.25, -0.2) is 9.78 Å². The largest absolute Gasteiger partial charge is 0.480 e. The lowest BCUT2D eigenvalue weighted by Crippen LogP contribution is -2.08. The molecule has 114 valence electrons. The topological polar surface area (TPSA) is 66.2 Å². The summed E-state index contributed by atoms with van der Waals surface area (Å²) in [4.78, 5) is 17.2. The number of carbonyl (C=O) groups excluding carboxylic acids is 1. The van der Waals surface area contributed by atoms with E-state index in [1.165, 1.54) is 20.4 Å². The number of pyridine rings is 1. The molecular formula is C14H12BrN3O3S. The second-order valence-electron chi connectivity index (χ2n) is 4.44. The summed E-state index contributed by atoms with van der Waals surface area (Å²) < 4.78 is 12.9. The van der Waals surface area contributed by atoms with Crippen LogP contribution in [-0.4, -0.2) is 35.0 Å².